The van der Waals surface area contributed by atoms with E-state index in [1.54, 1.807) is 12.1 Å². The van der Waals surface area contributed by atoms with Crippen molar-refractivity contribution >= 4 is 35.8 Å². The summed E-state index contributed by atoms with van der Waals surface area (Å²) in [7, 11) is 0. The maximum atomic E-state index is 10.4. The molecule has 0 unspecified atom stereocenters. The van der Waals surface area contributed by atoms with E-state index in [1.165, 1.54) is 69.8 Å². The molecule has 0 heterocycles. The third-order valence-electron chi connectivity index (χ3n) is 5.17. The zero-order valence-electron chi connectivity index (χ0n) is 23.9. The van der Waals surface area contributed by atoms with Gasteiger partial charge in [0.1, 0.15) is 0 Å². The number of aryl methyl sites for hydroxylation is 1. The van der Waals surface area contributed by atoms with Crippen molar-refractivity contribution in [1.29, 1.82) is 0 Å². The van der Waals surface area contributed by atoms with Gasteiger partial charge in [0.2, 0.25) is 0 Å². The Morgan fingerprint density at radius 2 is 1.03 bits per heavy atom. The van der Waals surface area contributed by atoms with Crippen molar-refractivity contribution in [2.24, 2.45) is 0 Å². The number of benzene rings is 1. The molecule has 1 aromatic carbocycles. The second kappa shape index (κ2) is 36.1. The monoisotopic (exact) mass is 610 g/mol. The Morgan fingerprint density at radius 1 is 0.639 bits per heavy atom. The molecule has 0 aliphatic carbocycles. The van der Waals surface area contributed by atoms with Gasteiger partial charge in [0.25, 0.3) is 0 Å². The molecule has 1 rings (SSSR count). The number of carboxylic acids is 2. The number of aromatic carboxylic acids is 1. The number of carbonyl (C=O) groups is 2. The average Bonchev–Trinajstić information content (AvgIpc) is 2.86. The summed E-state index contributed by atoms with van der Waals surface area (Å²) in [4.78, 5) is 20.5. The minimum absolute atomic E-state index is 0. The topological polar surface area (TPSA) is 80.3 Å². The fourth-order valence-corrected chi connectivity index (χ4v) is 2.85. The number of carbonyl (C=O) groups excluding carboxylic acids is 2. The first kappa shape index (κ1) is 42.1. The Kier molecular flexibility index (Phi) is 42.2. The molecule has 0 N–H and O–H groups in total. The smallest absolute Gasteiger partial charge is 0.550 e. The Balaban J connectivity index is -0.000000217. The molecule has 0 amide bonds. The van der Waals surface area contributed by atoms with Crippen LogP contribution in [0.4, 0.5) is 0 Å². The zero-order valence-corrected chi connectivity index (χ0v) is 26.7. The van der Waals surface area contributed by atoms with Gasteiger partial charge in [-0.3, -0.25) is 0 Å². The average molecular weight is 609 g/mol. The van der Waals surface area contributed by atoms with Crippen LogP contribution >= 0.6 is 0 Å². The summed E-state index contributed by atoms with van der Waals surface area (Å²) in [5.41, 5.74) is 1.41. The van der Waals surface area contributed by atoms with Gasteiger partial charge >= 0.3 is 23.9 Å². The molecule has 0 saturated carbocycles. The van der Waals surface area contributed by atoms with E-state index in [-0.39, 0.29) is 35.9 Å². The second-order valence-electron chi connectivity index (χ2n) is 8.75. The molecule has 0 atom stereocenters. The van der Waals surface area contributed by atoms with Gasteiger partial charge in [-0.1, -0.05) is 156 Å². The van der Waals surface area contributed by atoms with E-state index in [4.69, 9.17) is 0 Å². The van der Waals surface area contributed by atoms with Crippen molar-refractivity contribution < 1.29 is 19.8 Å². The molecule has 0 spiro atoms. The van der Waals surface area contributed by atoms with E-state index in [1.807, 2.05) is 12.1 Å². The molecule has 36 heavy (non-hydrogen) atoms. The van der Waals surface area contributed by atoms with Crippen LogP contribution in [0.25, 0.3) is 0 Å². The minimum atomic E-state index is -1.11. The Labute approximate surface area is 241 Å². The van der Waals surface area contributed by atoms with Crippen LogP contribution in [0.5, 0.6) is 0 Å². The molecule has 1 aromatic rings. The summed E-state index contributed by atoms with van der Waals surface area (Å²) < 4.78 is 0. The van der Waals surface area contributed by atoms with Crippen molar-refractivity contribution in [3.63, 3.8) is 0 Å². The summed E-state index contributed by atoms with van der Waals surface area (Å²) in [6.07, 6.45) is 19.2. The van der Waals surface area contributed by atoms with Gasteiger partial charge < -0.3 is 19.8 Å². The Morgan fingerprint density at radius 3 is 1.33 bits per heavy atom. The molecule has 0 aromatic heterocycles. The van der Waals surface area contributed by atoms with Gasteiger partial charge in [0, 0.05) is 5.97 Å². The van der Waals surface area contributed by atoms with Gasteiger partial charge in [-0.15, -0.1) is 0 Å². The molecule has 206 valence electrons. The van der Waals surface area contributed by atoms with E-state index in [9.17, 15) is 19.8 Å². The zero-order chi connectivity index (χ0) is 27.2. The van der Waals surface area contributed by atoms with Crippen molar-refractivity contribution in [2.75, 3.05) is 0 Å². The van der Waals surface area contributed by atoms with Gasteiger partial charge in [0.05, 0.1) is 5.97 Å². The predicted octanol–water partition coefficient (Wildman–Crippen LogP) is 6.91. The third kappa shape index (κ3) is 37.5. The predicted molar refractivity (Wildman–Crippen MR) is 153 cm³/mol. The molecule has 4 nitrogen and oxygen atoms in total. The molecule has 4 radical (unpaired) electrons. The largest absolute Gasteiger partial charge is 2.00 e. The summed E-state index contributed by atoms with van der Waals surface area (Å²) in [5, 5.41) is 20.5. The van der Waals surface area contributed by atoms with Crippen molar-refractivity contribution in [1.82, 2.24) is 0 Å². The molecular formula is C31H54O4Sn. The molecular weight excluding hydrogens is 555 g/mol. The minimum Gasteiger partial charge on any atom is -0.550 e. The molecule has 0 bridgehead atoms. The normalized spacial score (nSPS) is 9.28. The van der Waals surface area contributed by atoms with Crippen LogP contribution in [0.15, 0.2) is 24.3 Å². The van der Waals surface area contributed by atoms with E-state index >= 15 is 0 Å². The summed E-state index contributed by atoms with van der Waals surface area (Å²) >= 11 is 0. The van der Waals surface area contributed by atoms with Crippen LogP contribution < -0.4 is 10.2 Å². The van der Waals surface area contributed by atoms with Gasteiger partial charge in [-0.2, -0.15) is 0 Å². The fourth-order valence-electron chi connectivity index (χ4n) is 2.85. The first-order valence-corrected chi connectivity index (χ1v) is 13.9. The van der Waals surface area contributed by atoms with Crippen LogP contribution in [0.1, 0.15) is 146 Å². The van der Waals surface area contributed by atoms with Crippen LogP contribution in [0, 0.1) is 13.8 Å². The number of carboxylic acid groups (broad SMARTS) is 2. The SMILES string of the molecule is CCCCCCCCCCCCC(=O)[O-].CCCc1ccc(C(=O)[O-])cc1.[CH2]CCC.[CH2]CCC.[Sn+2]. The van der Waals surface area contributed by atoms with Crippen LogP contribution in [-0.4, -0.2) is 35.8 Å². The first-order valence-electron chi connectivity index (χ1n) is 13.9. The van der Waals surface area contributed by atoms with Crippen molar-refractivity contribution in [3.8, 4) is 0 Å². The van der Waals surface area contributed by atoms with Gasteiger partial charge in [-0.05, 0) is 30.4 Å². The van der Waals surface area contributed by atoms with Gasteiger partial charge in [0.15, 0.2) is 0 Å². The maximum absolute atomic E-state index is 10.4. The quantitative estimate of drug-likeness (QED) is 0.151. The number of aliphatic carboxylic acids is 1. The Hall–Kier alpha value is -1.04. The van der Waals surface area contributed by atoms with Gasteiger partial charge in [-0.25, -0.2) is 0 Å². The van der Waals surface area contributed by atoms with E-state index in [0.29, 0.717) is 0 Å². The summed E-state index contributed by atoms with van der Waals surface area (Å²) in [5.74, 6) is -2.02. The van der Waals surface area contributed by atoms with E-state index in [0.717, 1.165) is 38.5 Å². The van der Waals surface area contributed by atoms with Crippen LogP contribution in [0.3, 0.4) is 0 Å². The standard InChI is InChI=1S/C13H26O2.C10H12O2.2C4H9.Sn/c1-2-3-4-5-6-7-8-9-10-11-12-13(14)15;1-2-3-8-4-6-9(7-5-8)10(11)12;2*1-3-4-2;/h2-12H2,1H3,(H,14,15);4-7H,2-3H2,1H3,(H,11,12);2*1,3-4H2,2H3;/q;;;;+2/p-2. The molecule has 5 heteroatoms. The second-order valence-corrected chi connectivity index (χ2v) is 8.75. The molecule has 0 saturated heterocycles. The molecule has 0 aliphatic rings. The third-order valence-corrected chi connectivity index (χ3v) is 5.17. The van der Waals surface area contributed by atoms with Crippen LogP contribution in [-0.2, 0) is 11.2 Å². The molecule has 0 fully saturated rings. The number of hydrogen-bond acceptors (Lipinski definition) is 4. The number of rotatable bonds is 16. The molecule has 0 aliphatic heterocycles. The van der Waals surface area contributed by atoms with Crippen molar-refractivity contribution in [2.45, 2.75) is 137 Å². The first-order chi connectivity index (χ1) is 16.8. The number of unbranched alkanes of at least 4 members (excludes halogenated alkanes) is 11. The summed E-state index contributed by atoms with van der Waals surface area (Å²) in [6.45, 7) is 15.8. The van der Waals surface area contributed by atoms with E-state index in [2.05, 4.69) is 41.5 Å². The van der Waals surface area contributed by atoms with Crippen LogP contribution in [0.2, 0.25) is 0 Å². The summed E-state index contributed by atoms with van der Waals surface area (Å²) in [6, 6.07) is 6.82. The fraction of sp³-hybridized carbons (Fsp3) is 0.677. The van der Waals surface area contributed by atoms with Crippen molar-refractivity contribution in [3.05, 3.63) is 49.2 Å². The Bertz CT molecular complexity index is 550. The number of hydrogen-bond donors (Lipinski definition) is 0. The van der Waals surface area contributed by atoms with E-state index < -0.39 is 11.9 Å². The maximum Gasteiger partial charge on any atom is 2.00 e.